The number of H-pyrrole nitrogens is 1. The molecule has 0 saturated heterocycles. The maximum atomic E-state index is 13.6. The molecule has 0 atom stereocenters. The Bertz CT molecular complexity index is 1760. The quantitative estimate of drug-likeness (QED) is 0.267. The molecule has 2 aromatic heterocycles. The van der Waals surface area contributed by atoms with Crippen molar-refractivity contribution >= 4 is 21.4 Å². The van der Waals surface area contributed by atoms with Crippen LogP contribution in [-0.4, -0.2) is 53.0 Å². The van der Waals surface area contributed by atoms with Crippen molar-refractivity contribution in [3.63, 3.8) is 0 Å². The summed E-state index contributed by atoms with van der Waals surface area (Å²) < 4.78 is 48.7. The van der Waals surface area contributed by atoms with E-state index in [0.717, 1.165) is 51.4 Å². The Morgan fingerprint density at radius 3 is 2.45 bits per heavy atom. The molecule has 2 heterocycles. The minimum Gasteiger partial charge on any atom is -0.493 e. The van der Waals surface area contributed by atoms with E-state index < -0.39 is 15.6 Å². The van der Waals surface area contributed by atoms with Gasteiger partial charge in [-0.25, -0.2) is 8.42 Å². The van der Waals surface area contributed by atoms with Crippen LogP contribution >= 0.6 is 0 Å². The predicted molar refractivity (Wildman–Crippen MR) is 156 cm³/mol. The van der Waals surface area contributed by atoms with E-state index in [-0.39, 0.29) is 28.4 Å². The molecule has 42 heavy (non-hydrogen) atoms. The van der Waals surface area contributed by atoms with Crippen molar-refractivity contribution in [2.24, 2.45) is 0 Å². The number of benzene rings is 2. The predicted octanol–water partition coefficient (Wildman–Crippen LogP) is 4.67. The number of nitrogens with one attached hydrogen (secondary N) is 2. The molecule has 2 saturated carbocycles. The molecule has 0 spiro atoms. The molecule has 13 heteroatoms. The third kappa shape index (κ3) is 5.52. The first kappa shape index (κ1) is 28.0. The Balaban J connectivity index is 1.36. The van der Waals surface area contributed by atoms with E-state index in [4.69, 9.17) is 14.2 Å². The Kier molecular flexibility index (Phi) is 7.76. The molecule has 4 aromatic rings. The van der Waals surface area contributed by atoms with Crippen LogP contribution < -0.4 is 24.5 Å². The third-order valence-corrected chi connectivity index (χ3v) is 9.23. The minimum atomic E-state index is -4.06. The topological polar surface area (TPSA) is 150 Å². The van der Waals surface area contributed by atoms with E-state index in [2.05, 4.69) is 25.0 Å². The largest absolute Gasteiger partial charge is 0.493 e. The van der Waals surface area contributed by atoms with Crippen LogP contribution in [0.15, 0.2) is 46.1 Å². The van der Waals surface area contributed by atoms with Crippen molar-refractivity contribution in [2.75, 3.05) is 18.4 Å². The summed E-state index contributed by atoms with van der Waals surface area (Å²) in [6, 6.07) is 9.39. The van der Waals surface area contributed by atoms with Gasteiger partial charge in [-0.3, -0.25) is 9.52 Å². The number of fused-ring (bicyclic) bond motifs is 1. The number of hydrogen-bond acceptors (Lipinski definition) is 9. The summed E-state index contributed by atoms with van der Waals surface area (Å²) in [5.41, 5.74) is 0.278. The van der Waals surface area contributed by atoms with E-state index in [0.29, 0.717) is 40.9 Å². The van der Waals surface area contributed by atoms with Crippen LogP contribution in [0.2, 0.25) is 0 Å². The fourth-order valence-electron chi connectivity index (χ4n) is 5.76. The molecule has 222 valence electrons. The van der Waals surface area contributed by atoms with Crippen LogP contribution in [-0.2, 0) is 10.0 Å². The summed E-state index contributed by atoms with van der Waals surface area (Å²) in [4.78, 5) is 15.7. The molecule has 12 nitrogen and oxygen atoms in total. The lowest BCUT2D eigenvalue weighted by atomic mass is 10.1. The van der Waals surface area contributed by atoms with Crippen molar-refractivity contribution < 1.29 is 22.6 Å². The van der Waals surface area contributed by atoms with Crippen molar-refractivity contribution in [3.05, 3.63) is 52.6 Å². The number of rotatable bonds is 10. The number of anilines is 1. The van der Waals surface area contributed by atoms with Gasteiger partial charge in [0, 0.05) is 12.0 Å². The Hall–Kier alpha value is -4.13. The lowest BCUT2D eigenvalue weighted by Gasteiger charge is -2.17. The second-order valence-electron chi connectivity index (χ2n) is 10.7. The number of nitrogens with zero attached hydrogens (tertiary/aromatic N) is 4. The van der Waals surface area contributed by atoms with E-state index in [9.17, 15) is 13.2 Å². The van der Waals surface area contributed by atoms with Crippen molar-refractivity contribution in [1.82, 2.24) is 24.8 Å². The molecule has 0 amide bonds. The van der Waals surface area contributed by atoms with Gasteiger partial charge in [-0.15, -0.1) is 15.3 Å². The highest BCUT2D eigenvalue weighted by molar-refractivity contribution is 7.92. The average Bonchev–Trinajstić information content (AvgIpc) is 3.76. The first-order valence-corrected chi connectivity index (χ1v) is 15.8. The van der Waals surface area contributed by atoms with Gasteiger partial charge in [0.15, 0.2) is 23.1 Å². The smallest absolute Gasteiger partial charge is 0.296 e. The van der Waals surface area contributed by atoms with Crippen LogP contribution in [0.5, 0.6) is 17.2 Å². The molecule has 6 rings (SSSR count). The standard InChI is InChI=1S/C29H34N6O6S/c1-3-40-23-15-13-21(42(37,38)34-19-12-14-24(39-2)25(16-19)41-20-10-6-7-11-20)17-22(23)26-30-29(36)28-32-31-27(35(28)33-26)18-8-4-5-9-18/h12-18,20,34H,3-11H2,1-2H3,(H,30,33,36). The maximum absolute atomic E-state index is 13.6. The van der Waals surface area contributed by atoms with E-state index in [1.54, 1.807) is 31.4 Å². The summed E-state index contributed by atoms with van der Waals surface area (Å²) >= 11 is 0. The summed E-state index contributed by atoms with van der Waals surface area (Å²) in [7, 11) is -2.51. The molecule has 0 unspecified atom stereocenters. The van der Waals surface area contributed by atoms with Crippen molar-refractivity contribution in [3.8, 4) is 28.6 Å². The molecule has 2 fully saturated rings. The first-order chi connectivity index (χ1) is 20.4. The van der Waals surface area contributed by atoms with Crippen LogP contribution in [0.25, 0.3) is 17.0 Å². The normalized spacial score (nSPS) is 16.2. The van der Waals surface area contributed by atoms with Crippen LogP contribution in [0.4, 0.5) is 5.69 Å². The monoisotopic (exact) mass is 594 g/mol. The summed E-state index contributed by atoms with van der Waals surface area (Å²) in [5.74, 6) is 2.35. The average molecular weight is 595 g/mol. The van der Waals surface area contributed by atoms with Crippen LogP contribution in [0, 0.1) is 0 Å². The highest BCUT2D eigenvalue weighted by Gasteiger charge is 2.26. The summed E-state index contributed by atoms with van der Waals surface area (Å²) in [5, 5.41) is 13.0. The van der Waals surface area contributed by atoms with Gasteiger partial charge in [0.25, 0.3) is 15.6 Å². The molecule has 2 aromatic carbocycles. The Morgan fingerprint density at radius 2 is 1.71 bits per heavy atom. The van der Waals surface area contributed by atoms with E-state index >= 15 is 0 Å². The minimum absolute atomic E-state index is 0.0300. The second kappa shape index (κ2) is 11.6. The van der Waals surface area contributed by atoms with Crippen LogP contribution in [0.1, 0.15) is 70.0 Å². The fraction of sp³-hybridized carbons (Fsp3) is 0.448. The lowest BCUT2D eigenvalue weighted by molar-refractivity contribution is 0.201. The Morgan fingerprint density at radius 1 is 0.976 bits per heavy atom. The molecular formula is C29H34N6O6S. The number of aromatic amines is 1. The van der Waals surface area contributed by atoms with Crippen molar-refractivity contribution in [2.45, 2.75) is 75.2 Å². The zero-order valence-corrected chi connectivity index (χ0v) is 24.4. The molecule has 0 aliphatic heterocycles. The van der Waals surface area contributed by atoms with E-state index in [1.807, 2.05) is 6.92 Å². The first-order valence-electron chi connectivity index (χ1n) is 14.4. The maximum Gasteiger partial charge on any atom is 0.296 e. The van der Waals surface area contributed by atoms with Gasteiger partial charge < -0.3 is 19.2 Å². The molecule has 2 aliphatic rings. The Labute approximate surface area is 243 Å². The molecule has 2 aliphatic carbocycles. The zero-order chi connectivity index (χ0) is 29.3. The van der Waals surface area contributed by atoms with Gasteiger partial charge in [0.1, 0.15) is 5.75 Å². The summed E-state index contributed by atoms with van der Waals surface area (Å²) in [6.07, 6.45) is 8.25. The molecular weight excluding hydrogens is 560 g/mol. The number of hydrogen-bond donors (Lipinski definition) is 2. The van der Waals surface area contributed by atoms with Crippen LogP contribution in [0.3, 0.4) is 0 Å². The van der Waals surface area contributed by atoms with Crippen molar-refractivity contribution in [1.29, 1.82) is 0 Å². The van der Waals surface area contributed by atoms with Gasteiger partial charge >= 0.3 is 0 Å². The number of ether oxygens (including phenoxy) is 3. The molecule has 0 radical (unpaired) electrons. The van der Waals surface area contributed by atoms with Gasteiger partial charge in [-0.1, -0.05) is 12.8 Å². The molecule has 2 N–H and O–H groups in total. The fourth-order valence-corrected chi connectivity index (χ4v) is 6.83. The zero-order valence-electron chi connectivity index (χ0n) is 23.6. The van der Waals surface area contributed by atoms with Gasteiger partial charge in [0.05, 0.1) is 36.0 Å². The number of methoxy groups -OCH3 is 1. The van der Waals surface area contributed by atoms with Gasteiger partial charge in [-0.2, -0.15) is 4.52 Å². The van der Waals surface area contributed by atoms with Gasteiger partial charge in [0.2, 0.25) is 5.65 Å². The highest BCUT2D eigenvalue weighted by Crippen LogP contribution is 2.36. The lowest BCUT2D eigenvalue weighted by Crippen LogP contribution is -2.17. The molecule has 0 bridgehead atoms. The van der Waals surface area contributed by atoms with E-state index in [1.165, 1.54) is 16.6 Å². The third-order valence-electron chi connectivity index (χ3n) is 7.85. The SMILES string of the molecule is CCOc1ccc(S(=O)(=O)Nc2ccc(OC)c(OC3CCCC3)c2)cc1-c1nn2c(C3CCCC3)nnc2c(=O)[nH]1. The van der Waals surface area contributed by atoms with Gasteiger partial charge in [-0.05, 0) is 75.8 Å². The second-order valence-corrected chi connectivity index (χ2v) is 12.3. The summed E-state index contributed by atoms with van der Waals surface area (Å²) in [6.45, 7) is 2.15. The highest BCUT2D eigenvalue weighted by atomic mass is 32.2. The number of aromatic nitrogens is 5. The number of sulfonamides is 1.